The van der Waals surface area contributed by atoms with E-state index in [-0.39, 0.29) is 0 Å². The second-order valence-corrected chi connectivity index (χ2v) is 5.41. The van der Waals surface area contributed by atoms with Crippen LogP contribution in [-0.2, 0) is 5.60 Å². The van der Waals surface area contributed by atoms with Crippen molar-refractivity contribution in [1.29, 1.82) is 0 Å². The number of hydrogen-bond acceptors (Lipinski definition) is 7. The fourth-order valence-electron chi connectivity index (χ4n) is 2.58. The lowest BCUT2D eigenvalue weighted by Crippen LogP contribution is -2.32. The van der Waals surface area contributed by atoms with E-state index in [1.807, 2.05) is 0 Å². The molecule has 7 nitrogen and oxygen atoms in total. The number of pyridine rings is 3. The summed E-state index contributed by atoms with van der Waals surface area (Å²) < 4.78 is 15.6. The van der Waals surface area contributed by atoms with Gasteiger partial charge >= 0.3 is 0 Å². The van der Waals surface area contributed by atoms with E-state index in [0.717, 1.165) is 0 Å². The van der Waals surface area contributed by atoms with Crippen LogP contribution in [0, 0.1) is 0 Å². The molecule has 0 saturated heterocycles. The molecule has 0 amide bonds. The minimum Gasteiger partial charge on any atom is -0.481 e. The van der Waals surface area contributed by atoms with Gasteiger partial charge in [-0.05, 0) is 18.2 Å². The van der Waals surface area contributed by atoms with Crippen LogP contribution in [-0.4, -0.2) is 41.4 Å². The first-order valence-corrected chi connectivity index (χ1v) is 7.88. The summed E-state index contributed by atoms with van der Waals surface area (Å²) in [4.78, 5) is 13.2. The van der Waals surface area contributed by atoms with E-state index >= 15 is 0 Å². The van der Waals surface area contributed by atoms with Crippen molar-refractivity contribution in [3.05, 3.63) is 71.7 Å². The normalized spacial score (nSPS) is 11.1. The summed E-state index contributed by atoms with van der Waals surface area (Å²) in [6.07, 6.45) is 0. The lowest BCUT2D eigenvalue weighted by atomic mass is 9.90. The standard InChI is InChI=1S/C19H19N3O4/c1-24-16-10-4-7-13(20-16)19(23,14-8-5-11-17(21-14)25-2)15-9-6-12-18(22-15)26-3/h4-12,23H,1-3H3. The number of aliphatic hydroxyl groups is 1. The van der Waals surface area contributed by atoms with Crippen molar-refractivity contribution in [2.45, 2.75) is 5.60 Å². The Morgan fingerprint density at radius 3 is 1.19 bits per heavy atom. The predicted molar refractivity (Wildman–Crippen MR) is 94.5 cm³/mol. The van der Waals surface area contributed by atoms with Gasteiger partial charge in [-0.25, -0.2) is 15.0 Å². The van der Waals surface area contributed by atoms with Crippen LogP contribution in [0.2, 0.25) is 0 Å². The average Bonchev–Trinajstić information content (AvgIpc) is 2.73. The number of nitrogens with zero attached hydrogens (tertiary/aromatic N) is 3. The van der Waals surface area contributed by atoms with Gasteiger partial charge in [-0.1, -0.05) is 18.2 Å². The minimum atomic E-state index is -1.72. The molecule has 0 unspecified atom stereocenters. The van der Waals surface area contributed by atoms with Crippen LogP contribution in [0.1, 0.15) is 17.1 Å². The van der Waals surface area contributed by atoms with Gasteiger partial charge in [0.05, 0.1) is 38.4 Å². The van der Waals surface area contributed by atoms with Gasteiger partial charge in [-0.3, -0.25) is 0 Å². The van der Waals surface area contributed by atoms with E-state index in [0.29, 0.717) is 34.7 Å². The molecular weight excluding hydrogens is 334 g/mol. The molecule has 0 aliphatic carbocycles. The molecule has 0 saturated carbocycles. The Kier molecular flexibility index (Phi) is 4.99. The summed E-state index contributed by atoms with van der Waals surface area (Å²) >= 11 is 0. The number of methoxy groups -OCH3 is 3. The molecule has 0 atom stereocenters. The van der Waals surface area contributed by atoms with Crippen molar-refractivity contribution in [3.8, 4) is 17.6 Å². The molecular formula is C19H19N3O4. The lowest BCUT2D eigenvalue weighted by molar-refractivity contribution is 0.109. The third-order valence-corrected chi connectivity index (χ3v) is 3.91. The van der Waals surface area contributed by atoms with Crippen LogP contribution in [0.3, 0.4) is 0 Å². The fraction of sp³-hybridized carbons (Fsp3) is 0.211. The molecule has 3 rings (SSSR count). The summed E-state index contributed by atoms with van der Waals surface area (Å²) in [5.74, 6) is 1.10. The molecule has 0 bridgehead atoms. The molecule has 0 aliphatic rings. The van der Waals surface area contributed by atoms with E-state index in [4.69, 9.17) is 14.2 Å². The van der Waals surface area contributed by atoms with Crippen LogP contribution >= 0.6 is 0 Å². The van der Waals surface area contributed by atoms with Crippen LogP contribution in [0.5, 0.6) is 17.6 Å². The van der Waals surface area contributed by atoms with Crippen molar-refractivity contribution in [1.82, 2.24) is 15.0 Å². The summed E-state index contributed by atoms with van der Waals surface area (Å²) in [6.45, 7) is 0. The average molecular weight is 353 g/mol. The second kappa shape index (κ2) is 7.37. The zero-order valence-corrected chi connectivity index (χ0v) is 14.7. The largest absolute Gasteiger partial charge is 0.481 e. The monoisotopic (exact) mass is 353 g/mol. The topological polar surface area (TPSA) is 86.6 Å². The van der Waals surface area contributed by atoms with E-state index in [1.54, 1.807) is 54.6 Å². The SMILES string of the molecule is COc1cccc(C(O)(c2cccc(OC)n2)c2cccc(OC)n2)n1. The predicted octanol–water partition coefficient (Wildman–Crippen LogP) is 2.18. The van der Waals surface area contributed by atoms with Gasteiger partial charge in [0.1, 0.15) is 0 Å². The van der Waals surface area contributed by atoms with E-state index in [9.17, 15) is 5.11 Å². The number of hydrogen-bond donors (Lipinski definition) is 1. The van der Waals surface area contributed by atoms with E-state index in [2.05, 4.69) is 15.0 Å². The molecule has 0 spiro atoms. The van der Waals surface area contributed by atoms with Gasteiger partial charge in [-0.2, -0.15) is 0 Å². The molecule has 0 aromatic carbocycles. The molecule has 7 heteroatoms. The number of ether oxygens (including phenoxy) is 3. The number of rotatable bonds is 6. The molecule has 0 aliphatic heterocycles. The van der Waals surface area contributed by atoms with Crippen molar-refractivity contribution < 1.29 is 19.3 Å². The Morgan fingerprint density at radius 1 is 0.615 bits per heavy atom. The molecule has 1 N–H and O–H groups in total. The van der Waals surface area contributed by atoms with Gasteiger partial charge in [-0.15, -0.1) is 0 Å². The van der Waals surface area contributed by atoms with Gasteiger partial charge in [0, 0.05) is 18.2 Å². The minimum absolute atomic E-state index is 0.318. The molecule has 134 valence electrons. The maximum Gasteiger partial charge on any atom is 0.213 e. The van der Waals surface area contributed by atoms with Crippen molar-refractivity contribution in [2.75, 3.05) is 21.3 Å². The highest BCUT2D eigenvalue weighted by atomic mass is 16.5. The Labute approximate surface area is 151 Å². The maximum atomic E-state index is 11.7. The summed E-state index contributed by atoms with van der Waals surface area (Å²) in [5.41, 5.74) is -0.771. The van der Waals surface area contributed by atoms with Gasteiger partial charge < -0.3 is 19.3 Å². The lowest BCUT2D eigenvalue weighted by Gasteiger charge is -2.27. The second-order valence-electron chi connectivity index (χ2n) is 5.41. The Balaban J connectivity index is 2.26. The quantitative estimate of drug-likeness (QED) is 0.727. The smallest absolute Gasteiger partial charge is 0.213 e. The first-order chi connectivity index (χ1) is 12.6. The Hall–Kier alpha value is -3.19. The first-order valence-electron chi connectivity index (χ1n) is 7.88. The molecule has 26 heavy (non-hydrogen) atoms. The van der Waals surface area contributed by atoms with Crippen molar-refractivity contribution in [2.24, 2.45) is 0 Å². The van der Waals surface area contributed by atoms with Crippen LogP contribution in [0.15, 0.2) is 54.6 Å². The molecule has 3 aromatic rings. The van der Waals surface area contributed by atoms with Crippen LogP contribution in [0.4, 0.5) is 0 Å². The van der Waals surface area contributed by atoms with E-state index in [1.165, 1.54) is 21.3 Å². The summed E-state index contributed by atoms with van der Waals surface area (Å²) in [6, 6.07) is 15.4. The summed E-state index contributed by atoms with van der Waals surface area (Å²) in [5, 5.41) is 11.7. The Morgan fingerprint density at radius 2 is 0.923 bits per heavy atom. The summed E-state index contributed by atoms with van der Waals surface area (Å²) in [7, 11) is 4.54. The Bertz CT molecular complexity index is 786. The third kappa shape index (κ3) is 3.16. The molecule has 3 heterocycles. The zero-order valence-electron chi connectivity index (χ0n) is 14.7. The molecule has 3 aromatic heterocycles. The van der Waals surface area contributed by atoms with Crippen LogP contribution in [0.25, 0.3) is 0 Å². The van der Waals surface area contributed by atoms with Gasteiger partial charge in [0.2, 0.25) is 17.6 Å². The highest BCUT2D eigenvalue weighted by Gasteiger charge is 2.39. The number of aromatic nitrogens is 3. The highest BCUT2D eigenvalue weighted by Crippen LogP contribution is 2.35. The zero-order chi connectivity index (χ0) is 18.6. The van der Waals surface area contributed by atoms with Crippen molar-refractivity contribution >= 4 is 0 Å². The van der Waals surface area contributed by atoms with Crippen molar-refractivity contribution in [3.63, 3.8) is 0 Å². The third-order valence-electron chi connectivity index (χ3n) is 3.91. The first kappa shape index (κ1) is 17.6. The molecule has 0 radical (unpaired) electrons. The fourth-order valence-corrected chi connectivity index (χ4v) is 2.58. The highest BCUT2D eigenvalue weighted by molar-refractivity contribution is 5.41. The van der Waals surface area contributed by atoms with Crippen LogP contribution < -0.4 is 14.2 Å². The van der Waals surface area contributed by atoms with Gasteiger partial charge in [0.25, 0.3) is 0 Å². The molecule has 0 fully saturated rings. The maximum absolute atomic E-state index is 11.7. The van der Waals surface area contributed by atoms with Gasteiger partial charge in [0.15, 0.2) is 5.60 Å². The van der Waals surface area contributed by atoms with E-state index < -0.39 is 5.60 Å².